The Morgan fingerprint density at radius 1 is 1.26 bits per heavy atom. The summed E-state index contributed by atoms with van der Waals surface area (Å²) >= 11 is 1.72. The van der Waals surface area contributed by atoms with Gasteiger partial charge < -0.3 is 10.4 Å². The maximum Gasteiger partial charge on any atom is 0.0982 e. The maximum absolute atomic E-state index is 9.42. The molecule has 2 N–H and O–H groups in total. The summed E-state index contributed by atoms with van der Waals surface area (Å²) in [4.78, 5) is 4.66. The van der Waals surface area contributed by atoms with E-state index in [1.807, 2.05) is 0 Å². The Bertz CT molecular complexity index is 388. The number of hydrogen-bond donors (Lipinski definition) is 2. The molecule has 1 unspecified atom stereocenters. The highest BCUT2D eigenvalue weighted by Crippen LogP contribution is 2.26. The molecule has 1 heterocycles. The van der Waals surface area contributed by atoms with Gasteiger partial charge in [0.25, 0.3) is 0 Å². The third-order valence-corrected chi connectivity index (χ3v) is 4.16. The molecule has 0 aliphatic rings. The van der Waals surface area contributed by atoms with Crippen molar-refractivity contribution in [2.45, 2.75) is 66.0 Å². The van der Waals surface area contributed by atoms with Gasteiger partial charge in [-0.05, 0) is 11.8 Å². The number of thiazole rings is 1. The van der Waals surface area contributed by atoms with E-state index >= 15 is 0 Å². The monoisotopic (exact) mass is 284 g/mol. The molecule has 4 heteroatoms. The van der Waals surface area contributed by atoms with Crippen LogP contribution in [0, 0.1) is 5.41 Å². The molecule has 0 radical (unpaired) electrons. The largest absolute Gasteiger partial charge is 0.395 e. The van der Waals surface area contributed by atoms with Crippen molar-refractivity contribution in [3.05, 3.63) is 16.1 Å². The van der Waals surface area contributed by atoms with Crippen molar-refractivity contribution >= 4 is 11.3 Å². The quantitative estimate of drug-likeness (QED) is 0.872. The fourth-order valence-electron chi connectivity index (χ4n) is 1.92. The molecule has 19 heavy (non-hydrogen) atoms. The molecule has 3 nitrogen and oxygen atoms in total. The van der Waals surface area contributed by atoms with E-state index in [9.17, 15) is 5.11 Å². The maximum atomic E-state index is 9.42. The molecule has 0 bridgehead atoms. The van der Waals surface area contributed by atoms with E-state index in [1.165, 1.54) is 5.01 Å². The van der Waals surface area contributed by atoms with E-state index in [0.717, 1.165) is 18.7 Å². The van der Waals surface area contributed by atoms with Gasteiger partial charge in [-0.2, -0.15) is 0 Å². The van der Waals surface area contributed by atoms with Crippen LogP contribution in [0.2, 0.25) is 0 Å². The number of aliphatic hydroxyl groups is 1. The molecule has 1 rings (SSSR count). The van der Waals surface area contributed by atoms with Gasteiger partial charge in [-0.1, -0.05) is 41.5 Å². The minimum Gasteiger partial charge on any atom is -0.395 e. The summed E-state index contributed by atoms with van der Waals surface area (Å²) in [6, 6.07) is 0.139. The van der Waals surface area contributed by atoms with Gasteiger partial charge in [0.1, 0.15) is 0 Å². The molecule has 0 spiro atoms. The zero-order valence-electron chi connectivity index (χ0n) is 13.1. The second-order valence-electron chi connectivity index (χ2n) is 7.42. The van der Waals surface area contributed by atoms with Crippen LogP contribution in [0.4, 0.5) is 0 Å². The van der Waals surface area contributed by atoms with Crippen LogP contribution < -0.4 is 5.32 Å². The first-order chi connectivity index (χ1) is 8.62. The Hall–Kier alpha value is -0.450. The molecule has 1 aromatic heterocycles. The van der Waals surface area contributed by atoms with Crippen LogP contribution in [0.3, 0.4) is 0 Å². The van der Waals surface area contributed by atoms with Crippen LogP contribution >= 0.6 is 11.3 Å². The summed E-state index contributed by atoms with van der Waals surface area (Å²) in [7, 11) is 0. The standard InChI is InChI=1S/C15H28N2OS/c1-14(2,3)7-11(9-18)16-8-12-10-19-13(17-12)15(4,5)6/h10-11,16,18H,7-9H2,1-6H3. The highest BCUT2D eigenvalue weighted by molar-refractivity contribution is 7.09. The lowest BCUT2D eigenvalue weighted by molar-refractivity contribution is 0.197. The Morgan fingerprint density at radius 3 is 2.32 bits per heavy atom. The van der Waals surface area contributed by atoms with Crippen molar-refractivity contribution in [2.24, 2.45) is 5.41 Å². The molecule has 0 aliphatic heterocycles. The van der Waals surface area contributed by atoms with Crippen LogP contribution in [0.25, 0.3) is 0 Å². The van der Waals surface area contributed by atoms with Gasteiger partial charge in [-0.3, -0.25) is 0 Å². The zero-order chi connectivity index (χ0) is 14.7. The number of aromatic nitrogens is 1. The Morgan fingerprint density at radius 2 is 1.89 bits per heavy atom. The van der Waals surface area contributed by atoms with Gasteiger partial charge in [-0.25, -0.2) is 4.98 Å². The molecule has 0 saturated heterocycles. The number of nitrogens with one attached hydrogen (secondary N) is 1. The van der Waals surface area contributed by atoms with Gasteiger partial charge in [-0.15, -0.1) is 11.3 Å². The lowest BCUT2D eigenvalue weighted by Crippen LogP contribution is -2.35. The van der Waals surface area contributed by atoms with Crippen LogP contribution in [0.5, 0.6) is 0 Å². The summed E-state index contributed by atoms with van der Waals surface area (Å²) in [6.07, 6.45) is 0.958. The molecule has 1 atom stereocenters. The third kappa shape index (κ3) is 6.02. The zero-order valence-corrected chi connectivity index (χ0v) is 13.9. The van der Waals surface area contributed by atoms with E-state index in [0.29, 0.717) is 0 Å². The average molecular weight is 284 g/mol. The lowest BCUT2D eigenvalue weighted by Gasteiger charge is -2.25. The normalized spacial score (nSPS) is 14.7. The van der Waals surface area contributed by atoms with Gasteiger partial charge in [0, 0.05) is 23.4 Å². The first-order valence-electron chi connectivity index (χ1n) is 6.91. The topological polar surface area (TPSA) is 45.1 Å². The second kappa shape index (κ2) is 6.33. The lowest BCUT2D eigenvalue weighted by atomic mass is 9.88. The van der Waals surface area contributed by atoms with Crippen LogP contribution in [-0.4, -0.2) is 22.7 Å². The summed E-state index contributed by atoms with van der Waals surface area (Å²) in [5.74, 6) is 0. The minimum atomic E-state index is 0.116. The van der Waals surface area contributed by atoms with Crippen molar-refractivity contribution < 1.29 is 5.11 Å². The van der Waals surface area contributed by atoms with Gasteiger partial charge >= 0.3 is 0 Å². The van der Waals surface area contributed by atoms with Gasteiger partial charge in [0.2, 0.25) is 0 Å². The first-order valence-corrected chi connectivity index (χ1v) is 7.79. The van der Waals surface area contributed by atoms with Gasteiger partial charge in [0.05, 0.1) is 17.3 Å². The van der Waals surface area contributed by atoms with Crippen LogP contribution in [0.15, 0.2) is 5.38 Å². The summed E-state index contributed by atoms with van der Waals surface area (Å²) < 4.78 is 0. The van der Waals surface area contributed by atoms with Crippen molar-refractivity contribution in [3.63, 3.8) is 0 Å². The number of nitrogens with zero attached hydrogens (tertiary/aromatic N) is 1. The molecular weight excluding hydrogens is 256 g/mol. The fraction of sp³-hybridized carbons (Fsp3) is 0.800. The molecule has 0 saturated carbocycles. The Labute approximate surface area is 121 Å². The van der Waals surface area contributed by atoms with Crippen molar-refractivity contribution in [3.8, 4) is 0 Å². The minimum absolute atomic E-state index is 0.116. The Kier molecular flexibility index (Phi) is 5.53. The summed E-state index contributed by atoms with van der Waals surface area (Å²) in [5, 5.41) is 16.1. The van der Waals surface area contributed by atoms with Crippen molar-refractivity contribution in [2.75, 3.05) is 6.61 Å². The fourth-order valence-corrected chi connectivity index (χ4v) is 2.83. The average Bonchev–Trinajstić information content (AvgIpc) is 2.70. The Balaban J connectivity index is 2.54. The van der Waals surface area contributed by atoms with Crippen molar-refractivity contribution in [1.82, 2.24) is 10.3 Å². The van der Waals surface area contributed by atoms with E-state index in [4.69, 9.17) is 0 Å². The molecule has 110 valence electrons. The smallest absolute Gasteiger partial charge is 0.0982 e. The number of aliphatic hydroxyl groups excluding tert-OH is 1. The summed E-state index contributed by atoms with van der Waals surface area (Å²) in [5.41, 5.74) is 1.41. The predicted octanol–water partition coefficient (Wildman–Crippen LogP) is 3.33. The molecule has 0 aromatic carbocycles. The second-order valence-corrected chi connectivity index (χ2v) is 8.28. The molecule has 0 fully saturated rings. The van der Waals surface area contributed by atoms with Crippen LogP contribution in [-0.2, 0) is 12.0 Å². The van der Waals surface area contributed by atoms with E-state index in [-0.39, 0.29) is 23.5 Å². The summed E-state index contributed by atoms with van der Waals surface area (Å²) in [6.45, 7) is 14.0. The SMILES string of the molecule is CC(C)(C)CC(CO)NCc1csc(C(C)(C)C)n1. The molecule has 0 aliphatic carbocycles. The van der Waals surface area contributed by atoms with Crippen molar-refractivity contribution in [1.29, 1.82) is 0 Å². The van der Waals surface area contributed by atoms with E-state index < -0.39 is 0 Å². The highest BCUT2D eigenvalue weighted by Gasteiger charge is 2.20. The van der Waals surface area contributed by atoms with Crippen LogP contribution in [0.1, 0.15) is 58.7 Å². The predicted molar refractivity (Wildman–Crippen MR) is 82.6 cm³/mol. The molecule has 1 aromatic rings. The van der Waals surface area contributed by atoms with Gasteiger partial charge in [0.15, 0.2) is 0 Å². The molecule has 0 amide bonds. The number of rotatable bonds is 5. The van der Waals surface area contributed by atoms with E-state index in [2.05, 4.69) is 57.2 Å². The highest BCUT2D eigenvalue weighted by atomic mass is 32.1. The number of hydrogen-bond acceptors (Lipinski definition) is 4. The van der Waals surface area contributed by atoms with E-state index in [1.54, 1.807) is 11.3 Å². The third-order valence-electron chi connectivity index (χ3n) is 2.84. The molecular formula is C15H28N2OS. The first kappa shape index (κ1) is 16.6.